The summed E-state index contributed by atoms with van der Waals surface area (Å²) in [5.74, 6) is 2.12. The number of hydrogen-bond acceptors (Lipinski definition) is 11. The Morgan fingerprint density at radius 1 is 1.18 bits per heavy atom. The summed E-state index contributed by atoms with van der Waals surface area (Å²) in [6.45, 7) is 3.78. The predicted octanol–water partition coefficient (Wildman–Crippen LogP) is 7.32. The van der Waals surface area contributed by atoms with E-state index in [1.54, 1.807) is 30.8 Å². The summed E-state index contributed by atoms with van der Waals surface area (Å²) in [5, 5.41) is 4.80. The number of nitrogens with zero attached hydrogens (tertiary/aromatic N) is 6. The van der Waals surface area contributed by atoms with Crippen LogP contribution in [0.15, 0.2) is 69.3 Å². The third-order valence-electron chi connectivity index (χ3n) is 7.05. The van der Waals surface area contributed by atoms with E-state index < -0.39 is 0 Å². The highest BCUT2D eigenvalue weighted by molar-refractivity contribution is 7.99. The summed E-state index contributed by atoms with van der Waals surface area (Å²) in [5.41, 5.74) is 1.58. The Kier molecular flexibility index (Phi) is 11.6. The maximum atomic E-state index is 13.6. The first-order valence-electron chi connectivity index (χ1n) is 13.8. The number of pyridine rings is 2. The quantitative estimate of drug-likeness (QED) is 0.169. The van der Waals surface area contributed by atoms with Crippen LogP contribution in [-0.4, -0.2) is 68.8 Å². The van der Waals surface area contributed by atoms with Crippen molar-refractivity contribution in [3.8, 4) is 11.5 Å². The van der Waals surface area contributed by atoms with Crippen LogP contribution in [0.5, 0.6) is 11.5 Å². The van der Waals surface area contributed by atoms with E-state index in [2.05, 4.69) is 19.7 Å². The highest BCUT2D eigenvalue weighted by Gasteiger charge is 2.27. The number of hydrogen-bond donors (Lipinski definition) is 1. The third kappa shape index (κ3) is 8.22. The molecule has 10 nitrogen and oxygen atoms in total. The van der Waals surface area contributed by atoms with Gasteiger partial charge in [0.25, 0.3) is 0 Å². The number of nitrogens with one attached hydrogen (secondary N) is 1. The van der Waals surface area contributed by atoms with E-state index >= 15 is 0 Å². The van der Waals surface area contributed by atoms with Crippen LogP contribution in [0.2, 0.25) is 0 Å². The van der Waals surface area contributed by atoms with Gasteiger partial charge in [0, 0.05) is 58.8 Å². The minimum absolute atomic E-state index is 0. The molecule has 0 unspecified atom stereocenters. The van der Waals surface area contributed by atoms with Crippen molar-refractivity contribution in [3.63, 3.8) is 0 Å². The van der Waals surface area contributed by atoms with E-state index in [9.17, 15) is 9.18 Å². The summed E-state index contributed by atoms with van der Waals surface area (Å²) >= 11 is 2.77. The van der Waals surface area contributed by atoms with E-state index in [4.69, 9.17) is 14.1 Å². The molecule has 1 amide bonds. The number of rotatable bonds is 9. The Morgan fingerprint density at radius 3 is 2.67 bits per heavy atom. The van der Waals surface area contributed by atoms with Crippen molar-refractivity contribution >= 4 is 76.1 Å². The Morgan fingerprint density at radius 2 is 1.93 bits per heavy atom. The zero-order valence-corrected chi connectivity index (χ0v) is 28.0. The molecule has 0 aliphatic carbocycles. The van der Waals surface area contributed by atoms with Crippen LogP contribution < -0.4 is 10.1 Å². The van der Waals surface area contributed by atoms with Crippen molar-refractivity contribution in [2.24, 2.45) is 0 Å². The molecule has 4 aromatic heterocycles. The topological polar surface area (TPSA) is 110 Å². The molecular weight excluding hydrogens is 660 g/mol. The number of aromatic nitrogens is 4. The van der Waals surface area contributed by atoms with E-state index in [-0.39, 0.29) is 42.5 Å². The Balaban J connectivity index is 0.00000230. The molecule has 1 fully saturated rings. The lowest BCUT2D eigenvalue weighted by atomic mass is 9.96. The van der Waals surface area contributed by atoms with E-state index in [0.29, 0.717) is 47.8 Å². The molecular formula is C30H32Cl2FN7O3S2. The molecule has 1 saturated heterocycles. The van der Waals surface area contributed by atoms with Crippen LogP contribution in [0.25, 0.3) is 11.1 Å². The zero-order valence-electron chi connectivity index (χ0n) is 24.7. The number of likely N-dealkylation sites (N-methyl/N-ethyl adjacent to an activating group) is 1. The largest absolute Gasteiger partial charge is 0.453 e. The van der Waals surface area contributed by atoms with E-state index in [1.165, 1.54) is 35.4 Å². The fraction of sp³-hybridized carbons (Fsp3) is 0.300. The zero-order chi connectivity index (χ0) is 29.9. The fourth-order valence-corrected chi connectivity index (χ4v) is 6.54. The number of benzene rings is 1. The van der Waals surface area contributed by atoms with Gasteiger partial charge in [0.2, 0.25) is 16.8 Å². The Labute approximate surface area is 280 Å². The molecule has 0 spiro atoms. The summed E-state index contributed by atoms with van der Waals surface area (Å²) in [6, 6.07) is 9.65. The van der Waals surface area contributed by atoms with Gasteiger partial charge in [0.1, 0.15) is 17.4 Å². The summed E-state index contributed by atoms with van der Waals surface area (Å²) in [7, 11) is 3.80. The van der Waals surface area contributed by atoms with Gasteiger partial charge in [0.15, 0.2) is 11.6 Å². The average molecular weight is 693 g/mol. The number of ether oxygens (including phenoxy) is 1. The third-order valence-corrected chi connectivity index (χ3v) is 8.71. The van der Waals surface area contributed by atoms with Crippen LogP contribution in [0, 0.1) is 12.7 Å². The maximum absolute atomic E-state index is 13.6. The molecule has 1 aliphatic heterocycles. The van der Waals surface area contributed by atoms with Gasteiger partial charge >= 0.3 is 0 Å². The number of halogens is 3. The van der Waals surface area contributed by atoms with Gasteiger partial charge < -0.3 is 24.3 Å². The minimum atomic E-state index is -0.348. The molecule has 5 aromatic rings. The summed E-state index contributed by atoms with van der Waals surface area (Å²) in [4.78, 5) is 31.8. The summed E-state index contributed by atoms with van der Waals surface area (Å²) < 4.78 is 29.9. The van der Waals surface area contributed by atoms with Crippen molar-refractivity contribution in [1.29, 1.82) is 0 Å². The highest BCUT2D eigenvalue weighted by Crippen LogP contribution is 2.39. The number of piperidine rings is 1. The standard InChI is InChI=1S/C30H30FN7O3S2.2ClH/c1-18-17-40-29-26(18)24(8-11-32-29)42-22-14-23(41-21-6-4-20(31)5-7-21)28(33-15-22)35-30-34-27(36-43-30)19-9-12-38(13-10-19)25(39)16-37(2)3;;/h4-8,11,14-15,17,19H,9-10,12-13,16H2,1-3H3,(H,33,34,35,36);2*1H. The van der Waals surface area contributed by atoms with Crippen molar-refractivity contribution in [2.45, 2.75) is 35.5 Å². The number of carbonyl (C=O) groups excluding carboxylic acids is 1. The molecule has 1 aromatic carbocycles. The van der Waals surface area contributed by atoms with Crippen LogP contribution in [-0.2, 0) is 4.79 Å². The first-order valence-corrected chi connectivity index (χ1v) is 15.4. The van der Waals surface area contributed by atoms with Gasteiger partial charge in [-0.1, -0.05) is 11.8 Å². The normalized spacial score (nSPS) is 13.4. The molecule has 1 aliphatic rings. The molecule has 45 heavy (non-hydrogen) atoms. The Bertz CT molecular complexity index is 1750. The molecule has 0 radical (unpaired) electrons. The fourth-order valence-electron chi connectivity index (χ4n) is 4.89. The highest BCUT2D eigenvalue weighted by atomic mass is 35.5. The number of anilines is 2. The number of carbonyl (C=O) groups is 1. The SMILES string of the molecule is Cc1coc2nccc(Sc3cnc(Nc4nc(C5CCN(C(=O)CN(C)C)CC5)ns4)c(Oc4ccc(F)cc4)c3)c12.Cl.Cl. The average Bonchev–Trinajstić information content (AvgIpc) is 3.62. The van der Waals surface area contributed by atoms with E-state index in [0.717, 1.165) is 39.4 Å². The molecule has 0 atom stereocenters. The molecule has 0 saturated carbocycles. The van der Waals surface area contributed by atoms with Gasteiger partial charge in [-0.2, -0.15) is 4.37 Å². The number of likely N-dealkylation sites (tertiary alicyclic amines) is 1. The number of aryl methyl sites for hydroxylation is 1. The monoisotopic (exact) mass is 691 g/mol. The van der Waals surface area contributed by atoms with Gasteiger partial charge in [-0.15, -0.1) is 24.8 Å². The van der Waals surface area contributed by atoms with Gasteiger partial charge in [0.05, 0.1) is 18.2 Å². The lowest BCUT2D eigenvalue weighted by Gasteiger charge is -2.31. The van der Waals surface area contributed by atoms with Crippen LogP contribution >= 0.6 is 48.1 Å². The second-order valence-corrected chi connectivity index (χ2v) is 12.4. The van der Waals surface area contributed by atoms with Gasteiger partial charge in [-0.25, -0.2) is 19.3 Å². The van der Waals surface area contributed by atoms with Crippen molar-refractivity contribution in [3.05, 3.63) is 72.3 Å². The number of fused-ring (bicyclic) bond motifs is 1. The van der Waals surface area contributed by atoms with Gasteiger partial charge in [-0.3, -0.25) is 4.79 Å². The number of amides is 1. The predicted molar refractivity (Wildman–Crippen MR) is 178 cm³/mol. The summed E-state index contributed by atoms with van der Waals surface area (Å²) in [6.07, 6.45) is 6.80. The molecule has 6 rings (SSSR count). The lowest BCUT2D eigenvalue weighted by molar-refractivity contribution is -0.132. The molecule has 5 heterocycles. The lowest BCUT2D eigenvalue weighted by Crippen LogP contribution is -2.42. The number of furan rings is 1. The molecule has 0 bridgehead atoms. The van der Waals surface area contributed by atoms with Crippen molar-refractivity contribution < 1.29 is 18.3 Å². The first-order chi connectivity index (χ1) is 20.8. The Hall–Kier alpha value is -3.49. The second kappa shape index (κ2) is 15.2. The van der Waals surface area contributed by atoms with Gasteiger partial charge in [-0.05, 0) is 69.8 Å². The smallest absolute Gasteiger partial charge is 0.236 e. The molecule has 1 N–H and O–H groups in total. The second-order valence-electron chi connectivity index (χ2n) is 10.6. The molecule has 15 heteroatoms. The van der Waals surface area contributed by atoms with E-state index in [1.807, 2.05) is 43.0 Å². The minimum Gasteiger partial charge on any atom is -0.453 e. The van der Waals surface area contributed by atoms with Crippen molar-refractivity contribution in [2.75, 3.05) is 39.0 Å². The van der Waals surface area contributed by atoms with Crippen LogP contribution in [0.1, 0.15) is 30.1 Å². The molecule has 238 valence electrons. The first kappa shape index (κ1) is 34.4. The maximum Gasteiger partial charge on any atom is 0.236 e. The van der Waals surface area contributed by atoms with Crippen molar-refractivity contribution in [1.82, 2.24) is 29.1 Å². The van der Waals surface area contributed by atoms with Crippen LogP contribution in [0.3, 0.4) is 0 Å². The van der Waals surface area contributed by atoms with Crippen LogP contribution in [0.4, 0.5) is 15.3 Å².